The van der Waals surface area contributed by atoms with E-state index in [1.165, 1.54) is 4.90 Å². The molecule has 0 saturated heterocycles. The quantitative estimate of drug-likeness (QED) is 0.449. The maximum absolute atomic E-state index is 13.2. The molecule has 32 heavy (non-hydrogen) atoms. The van der Waals surface area contributed by atoms with Crippen molar-refractivity contribution in [2.24, 2.45) is 0 Å². The fourth-order valence-corrected chi connectivity index (χ4v) is 3.82. The van der Waals surface area contributed by atoms with Crippen molar-refractivity contribution in [3.05, 3.63) is 76.3 Å². The molecule has 0 aliphatic rings. The molecule has 0 saturated carbocycles. The van der Waals surface area contributed by atoms with Crippen LogP contribution in [0.5, 0.6) is 5.75 Å². The van der Waals surface area contributed by atoms with Gasteiger partial charge in [-0.2, -0.15) is 0 Å². The van der Waals surface area contributed by atoms with Gasteiger partial charge in [0, 0.05) is 28.5 Å². The van der Waals surface area contributed by atoms with E-state index in [0.29, 0.717) is 27.9 Å². The molecule has 1 N–H and O–H groups in total. The van der Waals surface area contributed by atoms with Crippen molar-refractivity contribution in [3.63, 3.8) is 0 Å². The number of nitrogens with one attached hydrogen (secondary N) is 1. The SMILES string of the molecule is CCCNC(=O)C(C)N(Cc1ccc(Cl)cc1Cl)C(=O)COc1cccc2ccccc12. The zero-order valence-corrected chi connectivity index (χ0v) is 19.6. The zero-order chi connectivity index (χ0) is 23.1. The lowest BCUT2D eigenvalue weighted by atomic mass is 10.1. The van der Waals surface area contributed by atoms with Crippen LogP contribution in [0.1, 0.15) is 25.8 Å². The van der Waals surface area contributed by atoms with Crippen molar-refractivity contribution in [2.45, 2.75) is 32.9 Å². The second-order valence-electron chi connectivity index (χ2n) is 7.49. The van der Waals surface area contributed by atoms with E-state index < -0.39 is 6.04 Å². The van der Waals surface area contributed by atoms with Crippen LogP contribution in [0.25, 0.3) is 10.8 Å². The molecule has 0 bridgehead atoms. The van der Waals surface area contributed by atoms with E-state index in [1.54, 1.807) is 25.1 Å². The van der Waals surface area contributed by atoms with Gasteiger partial charge in [-0.25, -0.2) is 0 Å². The van der Waals surface area contributed by atoms with E-state index in [4.69, 9.17) is 27.9 Å². The summed E-state index contributed by atoms with van der Waals surface area (Å²) in [7, 11) is 0. The van der Waals surface area contributed by atoms with E-state index >= 15 is 0 Å². The lowest BCUT2D eigenvalue weighted by Gasteiger charge is -2.29. The van der Waals surface area contributed by atoms with E-state index in [2.05, 4.69) is 5.32 Å². The fraction of sp³-hybridized carbons (Fsp3) is 0.280. The number of ether oxygens (including phenoxy) is 1. The predicted molar refractivity (Wildman–Crippen MR) is 129 cm³/mol. The molecule has 3 aromatic rings. The van der Waals surface area contributed by atoms with Crippen molar-refractivity contribution in [1.82, 2.24) is 10.2 Å². The van der Waals surface area contributed by atoms with Gasteiger partial charge in [-0.1, -0.05) is 72.6 Å². The van der Waals surface area contributed by atoms with Gasteiger partial charge in [-0.15, -0.1) is 0 Å². The Morgan fingerprint density at radius 1 is 1.06 bits per heavy atom. The Hall–Kier alpha value is -2.76. The number of fused-ring (bicyclic) bond motifs is 1. The van der Waals surface area contributed by atoms with Crippen molar-refractivity contribution < 1.29 is 14.3 Å². The first-order valence-electron chi connectivity index (χ1n) is 10.5. The van der Waals surface area contributed by atoms with Gasteiger partial charge in [-0.05, 0) is 42.5 Å². The molecule has 0 spiro atoms. The van der Waals surface area contributed by atoms with Gasteiger partial charge in [0.25, 0.3) is 5.91 Å². The highest BCUT2D eigenvalue weighted by molar-refractivity contribution is 6.35. The minimum atomic E-state index is -0.697. The number of hydrogen-bond donors (Lipinski definition) is 1. The first-order chi connectivity index (χ1) is 15.4. The van der Waals surface area contributed by atoms with Gasteiger partial charge in [0.1, 0.15) is 11.8 Å². The molecule has 0 aliphatic carbocycles. The van der Waals surface area contributed by atoms with Crippen molar-refractivity contribution >= 4 is 45.8 Å². The molecule has 0 heterocycles. The Kier molecular flexibility index (Phi) is 8.37. The number of benzene rings is 3. The van der Waals surface area contributed by atoms with Crippen molar-refractivity contribution in [2.75, 3.05) is 13.2 Å². The number of nitrogens with zero attached hydrogens (tertiary/aromatic N) is 1. The monoisotopic (exact) mass is 472 g/mol. The van der Waals surface area contributed by atoms with Crippen molar-refractivity contribution in [3.8, 4) is 5.75 Å². The highest BCUT2D eigenvalue weighted by atomic mass is 35.5. The maximum Gasteiger partial charge on any atom is 0.261 e. The molecule has 168 valence electrons. The standard InChI is InChI=1S/C25H26Cl2N2O3/c1-3-13-28-25(31)17(2)29(15-19-11-12-20(26)14-22(19)27)24(30)16-32-23-10-6-8-18-7-4-5-9-21(18)23/h4-12,14,17H,3,13,15-16H2,1-2H3,(H,28,31). The van der Waals surface area contributed by atoms with Crippen LogP contribution in [0.2, 0.25) is 10.0 Å². The molecule has 1 unspecified atom stereocenters. The molecular formula is C25H26Cl2N2O3. The van der Waals surface area contributed by atoms with Crippen LogP contribution in [0, 0.1) is 0 Å². The van der Waals surface area contributed by atoms with Crippen LogP contribution < -0.4 is 10.1 Å². The van der Waals surface area contributed by atoms with Crippen LogP contribution in [0.15, 0.2) is 60.7 Å². The van der Waals surface area contributed by atoms with Crippen LogP contribution in [0.3, 0.4) is 0 Å². The van der Waals surface area contributed by atoms with Crippen LogP contribution in [-0.4, -0.2) is 35.9 Å². The lowest BCUT2D eigenvalue weighted by molar-refractivity contribution is -0.142. The normalized spacial score (nSPS) is 11.8. The van der Waals surface area contributed by atoms with Gasteiger partial charge >= 0.3 is 0 Å². The molecule has 0 aromatic heterocycles. The minimum absolute atomic E-state index is 0.161. The van der Waals surface area contributed by atoms with Gasteiger partial charge in [0.05, 0.1) is 0 Å². The summed E-state index contributed by atoms with van der Waals surface area (Å²) in [4.78, 5) is 27.3. The summed E-state index contributed by atoms with van der Waals surface area (Å²) < 4.78 is 5.88. The van der Waals surface area contributed by atoms with Crippen LogP contribution in [-0.2, 0) is 16.1 Å². The number of hydrogen-bond acceptors (Lipinski definition) is 3. The molecule has 0 fully saturated rings. The van der Waals surface area contributed by atoms with E-state index in [9.17, 15) is 9.59 Å². The Morgan fingerprint density at radius 3 is 2.56 bits per heavy atom. The molecule has 3 rings (SSSR count). The molecule has 2 amide bonds. The van der Waals surface area contributed by atoms with Crippen LogP contribution in [0.4, 0.5) is 0 Å². The van der Waals surface area contributed by atoms with E-state index in [-0.39, 0.29) is 25.0 Å². The average Bonchev–Trinajstić information content (AvgIpc) is 2.80. The van der Waals surface area contributed by atoms with Gasteiger partial charge in [0.2, 0.25) is 5.91 Å². The molecule has 7 heteroatoms. The maximum atomic E-state index is 13.2. The summed E-state index contributed by atoms with van der Waals surface area (Å²) in [6, 6.07) is 17.9. The summed E-state index contributed by atoms with van der Waals surface area (Å²) in [6.07, 6.45) is 0.805. The number of halogens is 2. The number of rotatable bonds is 9. The van der Waals surface area contributed by atoms with E-state index in [1.807, 2.05) is 49.4 Å². The topological polar surface area (TPSA) is 58.6 Å². The molecule has 3 aromatic carbocycles. The summed E-state index contributed by atoms with van der Waals surface area (Å²) in [5, 5.41) is 5.73. The number of carbonyl (C=O) groups excluding carboxylic acids is 2. The zero-order valence-electron chi connectivity index (χ0n) is 18.1. The molecular weight excluding hydrogens is 447 g/mol. The summed E-state index contributed by atoms with van der Waals surface area (Å²) >= 11 is 12.3. The van der Waals surface area contributed by atoms with Crippen molar-refractivity contribution in [1.29, 1.82) is 0 Å². The van der Waals surface area contributed by atoms with Gasteiger partial charge in [-0.3, -0.25) is 9.59 Å². The van der Waals surface area contributed by atoms with Gasteiger partial charge < -0.3 is 15.0 Å². The average molecular weight is 473 g/mol. The molecule has 5 nitrogen and oxygen atoms in total. The molecule has 1 atom stereocenters. The highest BCUT2D eigenvalue weighted by Gasteiger charge is 2.27. The fourth-order valence-electron chi connectivity index (χ4n) is 3.36. The largest absolute Gasteiger partial charge is 0.483 e. The second-order valence-corrected chi connectivity index (χ2v) is 8.33. The number of amides is 2. The smallest absolute Gasteiger partial charge is 0.261 e. The lowest BCUT2D eigenvalue weighted by Crippen LogP contribution is -2.49. The number of carbonyl (C=O) groups is 2. The second kappa shape index (κ2) is 11.2. The third-order valence-electron chi connectivity index (χ3n) is 5.17. The third-order valence-corrected chi connectivity index (χ3v) is 5.76. The third kappa shape index (κ3) is 5.93. The predicted octanol–water partition coefficient (Wildman–Crippen LogP) is 5.47. The Labute approximate surface area is 198 Å². The van der Waals surface area contributed by atoms with Gasteiger partial charge in [0.15, 0.2) is 6.61 Å². The highest BCUT2D eigenvalue weighted by Crippen LogP contribution is 2.26. The summed E-state index contributed by atoms with van der Waals surface area (Å²) in [5.41, 5.74) is 0.699. The molecule has 0 aliphatic heterocycles. The Bertz CT molecular complexity index is 1100. The Balaban J connectivity index is 1.80. The summed E-state index contributed by atoms with van der Waals surface area (Å²) in [5.74, 6) is 0.0718. The van der Waals surface area contributed by atoms with Crippen LogP contribution >= 0.6 is 23.2 Å². The minimum Gasteiger partial charge on any atom is -0.483 e. The first kappa shape index (κ1) is 23.9. The Morgan fingerprint density at radius 2 is 1.81 bits per heavy atom. The molecule has 0 radical (unpaired) electrons. The summed E-state index contributed by atoms with van der Waals surface area (Å²) in [6.45, 7) is 4.17. The van der Waals surface area contributed by atoms with E-state index in [0.717, 1.165) is 17.2 Å². The first-order valence-corrected chi connectivity index (χ1v) is 11.3.